The molecule has 0 spiro atoms. The fourth-order valence-electron chi connectivity index (χ4n) is 2.14. The van der Waals surface area contributed by atoms with Crippen LogP contribution >= 0.6 is 27.7 Å². The second-order valence-electron chi connectivity index (χ2n) is 4.71. The predicted molar refractivity (Wildman–Crippen MR) is 82.5 cm³/mol. The zero-order valence-corrected chi connectivity index (χ0v) is 13.6. The maximum Gasteiger partial charge on any atom is 0.339 e. The number of anilines is 1. The van der Waals surface area contributed by atoms with Crippen LogP contribution < -0.4 is 4.90 Å². The molecule has 0 aliphatic carbocycles. The summed E-state index contributed by atoms with van der Waals surface area (Å²) >= 11 is 4.35. The van der Waals surface area contributed by atoms with Gasteiger partial charge in [0.05, 0.1) is 0 Å². The fourth-order valence-corrected chi connectivity index (χ4v) is 3.16. The average Bonchev–Trinajstić information content (AvgIpc) is 2.77. The molecule has 1 saturated heterocycles. The van der Waals surface area contributed by atoms with Gasteiger partial charge in [-0.25, -0.2) is 9.78 Å². The van der Waals surface area contributed by atoms with Crippen LogP contribution in [0.15, 0.2) is 16.7 Å². The van der Waals surface area contributed by atoms with Gasteiger partial charge in [-0.15, -0.1) is 0 Å². The molecular formula is C13H13BrN2O4S. The molecule has 1 N–H and O–H groups in total. The highest BCUT2D eigenvalue weighted by atomic mass is 79.9. The fraction of sp³-hybridized carbons (Fsp3) is 0.385. The first-order valence-electron chi connectivity index (χ1n) is 6.21. The summed E-state index contributed by atoms with van der Waals surface area (Å²) in [5.41, 5.74) is -0.0161. The first-order valence-corrected chi connectivity index (χ1v) is 7.99. The van der Waals surface area contributed by atoms with Crippen LogP contribution in [0.25, 0.3) is 0 Å². The molecule has 0 aromatic carbocycles. The summed E-state index contributed by atoms with van der Waals surface area (Å²) < 4.78 is 0.541. The van der Waals surface area contributed by atoms with E-state index in [1.54, 1.807) is 0 Å². The number of halogens is 1. The van der Waals surface area contributed by atoms with Gasteiger partial charge in [0.1, 0.15) is 11.4 Å². The minimum absolute atomic E-state index is 0.00823. The Labute approximate surface area is 134 Å². The number of aromatic nitrogens is 1. The first-order chi connectivity index (χ1) is 9.88. The highest BCUT2D eigenvalue weighted by Gasteiger charge is 2.33. The van der Waals surface area contributed by atoms with E-state index in [4.69, 9.17) is 0 Å². The molecule has 1 fully saturated rings. The number of carbonyl (C=O) groups is 3. The predicted octanol–water partition coefficient (Wildman–Crippen LogP) is 2.17. The number of amides is 1. The van der Waals surface area contributed by atoms with Gasteiger partial charge in [0.2, 0.25) is 5.91 Å². The van der Waals surface area contributed by atoms with Crippen molar-refractivity contribution in [1.82, 2.24) is 4.98 Å². The Hall–Kier alpha value is -1.41. The SMILES string of the molecule is CC(=O)SCC1CC(=O)N(c2ncc(Br)cc2C(=O)O)C1. The zero-order valence-electron chi connectivity index (χ0n) is 11.2. The number of carboxylic acids is 1. The van der Waals surface area contributed by atoms with E-state index in [-0.39, 0.29) is 28.3 Å². The largest absolute Gasteiger partial charge is 0.478 e. The van der Waals surface area contributed by atoms with E-state index >= 15 is 0 Å². The van der Waals surface area contributed by atoms with Gasteiger partial charge in [0.25, 0.3) is 0 Å². The van der Waals surface area contributed by atoms with Crippen molar-refractivity contribution in [2.24, 2.45) is 5.92 Å². The zero-order chi connectivity index (χ0) is 15.6. The van der Waals surface area contributed by atoms with Crippen molar-refractivity contribution in [1.29, 1.82) is 0 Å². The highest BCUT2D eigenvalue weighted by molar-refractivity contribution is 9.10. The number of nitrogens with zero attached hydrogens (tertiary/aromatic N) is 2. The normalized spacial score (nSPS) is 18.1. The van der Waals surface area contributed by atoms with E-state index < -0.39 is 5.97 Å². The van der Waals surface area contributed by atoms with E-state index in [0.717, 1.165) is 0 Å². The van der Waals surface area contributed by atoms with Crippen LogP contribution in [0, 0.1) is 5.92 Å². The summed E-state index contributed by atoms with van der Waals surface area (Å²) in [6, 6.07) is 1.43. The number of hydrogen-bond donors (Lipinski definition) is 1. The maximum absolute atomic E-state index is 12.1. The van der Waals surface area contributed by atoms with Crippen molar-refractivity contribution < 1.29 is 19.5 Å². The lowest BCUT2D eigenvalue weighted by Crippen LogP contribution is -2.28. The van der Waals surface area contributed by atoms with Crippen LogP contribution in [0.3, 0.4) is 0 Å². The van der Waals surface area contributed by atoms with Crippen molar-refractivity contribution >= 4 is 50.5 Å². The third-order valence-corrected chi connectivity index (χ3v) is 4.53. The van der Waals surface area contributed by atoms with Crippen LogP contribution in [0.2, 0.25) is 0 Å². The molecular weight excluding hydrogens is 360 g/mol. The van der Waals surface area contributed by atoms with E-state index in [2.05, 4.69) is 20.9 Å². The van der Waals surface area contributed by atoms with Crippen LogP contribution in [0.5, 0.6) is 0 Å². The number of thioether (sulfide) groups is 1. The number of aromatic carboxylic acids is 1. The number of hydrogen-bond acceptors (Lipinski definition) is 5. The molecule has 1 aliphatic rings. The Morgan fingerprint density at radius 3 is 2.90 bits per heavy atom. The molecule has 1 aromatic rings. The van der Waals surface area contributed by atoms with Gasteiger partial charge in [-0.05, 0) is 27.9 Å². The molecule has 112 valence electrons. The number of carbonyl (C=O) groups excluding carboxylic acids is 2. The summed E-state index contributed by atoms with van der Waals surface area (Å²) in [6.07, 6.45) is 1.77. The van der Waals surface area contributed by atoms with Crippen molar-refractivity contribution in [3.05, 3.63) is 22.3 Å². The third-order valence-electron chi connectivity index (χ3n) is 3.05. The Morgan fingerprint density at radius 1 is 1.57 bits per heavy atom. The van der Waals surface area contributed by atoms with Gasteiger partial charge >= 0.3 is 5.97 Å². The molecule has 0 bridgehead atoms. The van der Waals surface area contributed by atoms with Crippen molar-refractivity contribution in [3.8, 4) is 0 Å². The second-order valence-corrected chi connectivity index (χ2v) is 6.82. The quantitative estimate of drug-likeness (QED) is 0.871. The molecule has 1 atom stereocenters. The molecule has 0 saturated carbocycles. The lowest BCUT2D eigenvalue weighted by Gasteiger charge is -2.17. The standard InChI is InChI=1S/C13H13BrN2O4S/c1-7(17)21-6-8-2-11(18)16(5-8)12-10(13(19)20)3-9(14)4-15-12/h3-4,8H,2,5-6H2,1H3,(H,19,20). The van der Waals surface area contributed by atoms with Crippen LogP contribution in [-0.2, 0) is 9.59 Å². The van der Waals surface area contributed by atoms with Gasteiger partial charge in [-0.1, -0.05) is 11.8 Å². The van der Waals surface area contributed by atoms with Crippen LogP contribution in [0.4, 0.5) is 5.82 Å². The lowest BCUT2D eigenvalue weighted by molar-refractivity contribution is -0.117. The average molecular weight is 373 g/mol. The van der Waals surface area contributed by atoms with Gasteiger partial charge < -0.3 is 5.11 Å². The molecule has 2 heterocycles. The van der Waals surface area contributed by atoms with E-state index in [9.17, 15) is 19.5 Å². The minimum Gasteiger partial charge on any atom is -0.478 e. The van der Waals surface area contributed by atoms with Crippen LogP contribution in [0.1, 0.15) is 23.7 Å². The lowest BCUT2D eigenvalue weighted by atomic mass is 10.1. The van der Waals surface area contributed by atoms with Gasteiger partial charge in [-0.3, -0.25) is 14.5 Å². The Bertz CT molecular complexity index is 608. The molecule has 21 heavy (non-hydrogen) atoms. The van der Waals surface area contributed by atoms with Crippen LogP contribution in [-0.4, -0.2) is 39.4 Å². The van der Waals surface area contributed by atoms with E-state index in [1.165, 1.54) is 35.8 Å². The minimum atomic E-state index is -1.13. The summed E-state index contributed by atoms with van der Waals surface area (Å²) in [7, 11) is 0. The van der Waals surface area contributed by atoms with E-state index in [0.29, 0.717) is 23.2 Å². The maximum atomic E-state index is 12.1. The molecule has 6 nitrogen and oxygen atoms in total. The summed E-state index contributed by atoms with van der Waals surface area (Å²) in [5, 5.41) is 9.24. The summed E-state index contributed by atoms with van der Waals surface area (Å²) in [5.74, 6) is -0.560. The molecule has 1 aromatic heterocycles. The monoisotopic (exact) mass is 372 g/mol. The van der Waals surface area contributed by atoms with Gasteiger partial charge in [-0.2, -0.15) is 0 Å². The summed E-state index contributed by atoms with van der Waals surface area (Å²) in [4.78, 5) is 39.8. The topological polar surface area (TPSA) is 87.6 Å². The van der Waals surface area contributed by atoms with Gasteiger partial charge in [0, 0.05) is 36.3 Å². The molecule has 2 rings (SSSR count). The first kappa shape index (κ1) is 16.0. The third kappa shape index (κ3) is 3.82. The Kier molecular flexibility index (Phi) is 5.00. The second kappa shape index (κ2) is 6.57. The molecule has 0 radical (unpaired) electrons. The molecule has 1 amide bonds. The number of pyridine rings is 1. The van der Waals surface area contributed by atoms with Crippen molar-refractivity contribution in [2.45, 2.75) is 13.3 Å². The molecule has 8 heteroatoms. The summed E-state index contributed by atoms with van der Waals surface area (Å²) in [6.45, 7) is 1.87. The van der Waals surface area contributed by atoms with Crippen molar-refractivity contribution in [3.63, 3.8) is 0 Å². The van der Waals surface area contributed by atoms with Gasteiger partial charge in [0.15, 0.2) is 5.12 Å². The molecule has 1 aliphatic heterocycles. The molecule has 1 unspecified atom stereocenters. The Balaban J connectivity index is 2.21. The van der Waals surface area contributed by atoms with E-state index in [1.807, 2.05) is 0 Å². The highest BCUT2D eigenvalue weighted by Crippen LogP contribution is 2.29. The van der Waals surface area contributed by atoms with Crippen molar-refractivity contribution in [2.75, 3.05) is 17.2 Å². The number of rotatable bonds is 4. The Morgan fingerprint density at radius 2 is 2.29 bits per heavy atom. The smallest absolute Gasteiger partial charge is 0.339 e. The number of carboxylic acid groups (broad SMARTS) is 1.